The maximum absolute atomic E-state index is 10.5. The lowest BCUT2D eigenvalue weighted by molar-refractivity contribution is 0.0690. The number of carboxylic acid groups (broad SMARTS) is 1. The second-order valence-electron chi connectivity index (χ2n) is 2.74. The highest BCUT2D eigenvalue weighted by atomic mass is 16.4. The Morgan fingerprint density at radius 1 is 1.64 bits per heavy atom. The van der Waals surface area contributed by atoms with Crippen LogP contribution in [0.2, 0.25) is 0 Å². The van der Waals surface area contributed by atoms with E-state index in [2.05, 4.69) is 10.3 Å². The van der Waals surface area contributed by atoms with Crippen LogP contribution >= 0.6 is 0 Å². The molecular formula is C10H12N2O2. The van der Waals surface area contributed by atoms with Gasteiger partial charge < -0.3 is 10.4 Å². The third kappa shape index (κ3) is 2.99. The number of nitrogens with zero attached hydrogens (tertiary/aromatic N) is 1. The first-order valence-corrected chi connectivity index (χ1v) is 4.24. The molecule has 0 saturated carbocycles. The van der Waals surface area contributed by atoms with Crippen molar-refractivity contribution in [2.75, 3.05) is 13.6 Å². The molecule has 14 heavy (non-hydrogen) atoms. The molecule has 2 N–H and O–H groups in total. The smallest absolute Gasteiger partial charge is 0.354 e. The van der Waals surface area contributed by atoms with Crippen LogP contribution in [0.15, 0.2) is 24.4 Å². The minimum atomic E-state index is -1.00. The van der Waals surface area contributed by atoms with Crippen molar-refractivity contribution in [1.82, 2.24) is 10.3 Å². The average molecular weight is 192 g/mol. The van der Waals surface area contributed by atoms with E-state index in [0.717, 1.165) is 12.1 Å². The van der Waals surface area contributed by atoms with E-state index in [1.807, 2.05) is 19.2 Å². The standard InChI is InChI=1S/C10H12N2O2/c1-11-6-2-3-8-4-5-9(10(13)14)12-7-8/h2-5,7,11H,6H2,1H3,(H,13,14). The monoisotopic (exact) mass is 192 g/mol. The van der Waals surface area contributed by atoms with Crippen molar-refractivity contribution in [3.8, 4) is 0 Å². The third-order valence-corrected chi connectivity index (χ3v) is 1.64. The van der Waals surface area contributed by atoms with Gasteiger partial charge in [0, 0.05) is 12.7 Å². The van der Waals surface area contributed by atoms with Gasteiger partial charge >= 0.3 is 5.97 Å². The quantitative estimate of drug-likeness (QED) is 0.747. The van der Waals surface area contributed by atoms with E-state index in [1.54, 1.807) is 6.07 Å². The molecule has 0 spiro atoms. The van der Waals surface area contributed by atoms with Crippen LogP contribution in [-0.2, 0) is 0 Å². The van der Waals surface area contributed by atoms with Gasteiger partial charge in [-0.3, -0.25) is 0 Å². The summed E-state index contributed by atoms with van der Waals surface area (Å²) in [6.45, 7) is 0.778. The summed E-state index contributed by atoms with van der Waals surface area (Å²) in [5.74, 6) is -1.00. The van der Waals surface area contributed by atoms with E-state index in [4.69, 9.17) is 5.11 Å². The first kappa shape index (κ1) is 10.4. The van der Waals surface area contributed by atoms with Crippen molar-refractivity contribution in [3.05, 3.63) is 35.7 Å². The van der Waals surface area contributed by atoms with Gasteiger partial charge in [-0.25, -0.2) is 9.78 Å². The Bertz CT molecular complexity index is 330. The molecule has 0 atom stereocenters. The summed E-state index contributed by atoms with van der Waals surface area (Å²) in [5.41, 5.74) is 0.959. The average Bonchev–Trinajstić information content (AvgIpc) is 2.19. The molecule has 0 fully saturated rings. The molecule has 0 aliphatic heterocycles. The minimum Gasteiger partial charge on any atom is -0.477 e. The van der Waals surface area contributed by atoms with E-state index in [9.17, 15) is 4.79 Å². The van der Waals surface area contributed by atoms with Gasteiger partial charge in [-0.05, 0) is 18.7 Å². The zero-order valence-corrected chi connectivity index (χ0v) is 7.90. The van der Waals surface area contributed by atoms with Crippen molar-refractivity contribution in [1.29, 1.82) is 0 Å². The zero-order chi connectivity index (χ0) is 10.4. The molecular weight excluding hydrogens is 180 g/mol. The lowest BCUT2D eigenvalue weighted by Gasteiger charge is -1.94. The summed E-state index contributed by atoms with van der Waals surface area (Å²) in [6.07, 6.45) is 5.36. The van der Waals surface area contributed by atoms with Crippen LogP contribution in [0.5, 0.6) is 0 Å². The number of likely N-dealkylation sites (N-methyl/N-ethyl adjacent to an activating group) is 1. The summed E-state index contributed by atoms with van der Waals surface area (Å²) < 4.78 is 0. The molecule has 1 heterocycles. The van der Waals surface area contributed by atoms with Crippen LogP contribution in [0.3, 0.4) is 0 Å². The van der Waals surface area contributed by atoms with Gasteiger partial charge in [0.15, 0.2) is 0 Å². The molecule has 1 aromatic heterocycles. The fraction of sp³-hybridized carbons (Fsp3) is 0.200. The minimum absolute atomic E-state index is 0.0655. The fourth-order valence-electron chi connectivity index (χ4n) is 0.943. The number of aromatic carboxylic acids is 1. The number of carboxylic acids is 1. The van der Waals surface area contributed by atoms with Gasteiger partial charge in [0.1, 0.15) is 5.69 Å². The van der Waals surface area contributed by atoms with Crippen LogP contribution in [0, 0.1) is 0 Å². The molecule has 0 aromatic carbocycles. The highest BCUT2D eigenvalue weighted by Gasteiger charge is 2.01. The van der Waals surface area contributed by atoms with Crippen LogP contribution in [0.25, 0.3) is 6.08 Å². The van der Waals surface area contributed by atoms with Crippen molar-refractivity contribution in [2.24, 2.45) is 0 Å². The fourth-order valence-corrected chi connectivity index (χ4v) is 0.943. The van der Waals surface area contributed by atoms with Crippen molar-refractivity contribution >= 4 is 12.0 Å². The summed E-state index contributed by atoms with van der Waals surface area (Å²) in [5, 5.41) is 11.6. The number of hydrogen-bond acceptors (Lipinski definition) is 3. The Morgan fingerprint density at radius 3 is 2.93 bits per heavy atom. The second-order valence-corrected chi connectivity index (χ2v) is 2.74. The SMILES string of the molecule is CNCC=Cc1ccc(C(=O)O)nc1. The number of aromatic nitrogens is 1. The van der Waals surface area contributed by atoms with Crippen molar-refractivity contribution in [2.45, 2.75) is 0 Å². The molecule has 0 aliphatic carbocycles. The molecule has 1 aromatic rings. The lowest BCUT2D eigenvalue weighted by Crippen LogP contribution is -2.03. The predicted molar refractivity (Wildman–Crippen MR) is 54.2 cm³/mol. The molecule has 4 nitrogen and oxygen atoms in total. The van der Waals surface area contributed by atoms with Crippen LogP contribution in [0.4, 0.5) is 0 Å². The predicted octanol–water partition coefficient (Wildman–Crippen LogP) is 1.01. The van der Waals surface area contributed by atoms with Crippen molar-refractivity contribution in [3.63, 3.8) is 0 Å². The van der Waals surface area contributed by atoms with E-state index < -0.39 is 5.97 Å². The zero-order valence-electron chi connectivity index (χ0n) is 7.90. The molecule has 0 radical (unpaired) electrons. The number of hydrogen-bond donors (Lipinski definition) is 2. The van der Waals surface area contributed by atoms with Crippen LogP contribution < -0.4 is 5.32 Å². The number of rotatable bonds is 4. The number of nitrogens with one attached hydrogen (secondary N) is 1. The highest BCUT2D eigenvalue weighted by molar-refractivity contribution is 5.85. The topological polar surface area (TPSA) is 62.2 Å². The summed E-state index contributed by atoms with van der Waals surface area (Å²) in [4.78, 5) is 14.3. The Balaban J connectivity index is 2.68. The van der Waals surface area contributed by atoms with Gasteiger partial charge in [0.05, 0.1) is 0 Å². The van der Waals surface area contributed by atoms with E-state index in [0.29, 0.717) is 0 Å². The van der Waals surface area contributed by atoms with Crippen LogP contribution in [0.1, 0.15) is 16.1 Å². The first-order valence-electron chi connectivity index (χ1n) is 4.24. The maximum Gasteiger partial charge on any atom is 0.354 e. The normalized spacial score (nSPS) is 10.6. The van der Waals surface area contributed by atoms with Gasteiger partial charge in [0.25, 0.3) is 0 Å². The molecule has 0 bridgehead atoms. The second kappa shape index (κ2) is 5.14. The van der Waals surface area contributed by atoms with Crippen molar-refractivity contribution < 1.29 is 9.90 Å². The third-order valence-electron chi connectivity index (χ3n) is 1.64. The van der Waals surface area contributed by atoms with Gasteiger partial charge in [-0.15, -0.1) is 0 Å². The molecule has 0 aliphatic rings. The maximum atomic E-state index is 10.5. The van der Waals surface area contributed by atoms with E-state index in [-0.39, 0.29) is 5.69 Å². The molecule has 0 saturated heterocycles. The highest BCUT2D eigenvalue weighted by Crippen LogP contribution is 2.02. The van der Waals surface area contributed by atoms with Gasteiger partial charge in [-0.1, -0.05) is 18.2 Å². The Hall–Kier alpha value is -1.68. The Morgan fingerprint density at radius 2 is 2.43 bits per heavy atom. The van der Waals surface area contributed by atoms with Gasteiger partial charge in [-0.2, -0.15) is 0 Å². The molecule has 4 heteroatoms. The number of pyridine rings is 1. The van der Waals surface area contributed by atoms with E-state index >= 15 is 0 Å². The van der Waals surface area contributed by atoms with Crippen LogP contribution in [-0.4, -0.2) is 29.7 Å². The molecule has 0 amide bonds. The summed E-state index contributed by atoms with van der Waals surface area (Å²) >= 11 is 0. The Labute approximate surface area is 82.3 Å². The lowest BCUT2D eigenvalue weighted by atomic mass is 10.2. The summed E-state index contributed by atoms with van der Waals surface area (Å²) in [6, 6.07) is 3.21. The summed E-state index contributed by atoms with van der Waals surface area (Å²) in [7, 11) is 1.86. The van der Waals surface area contributed by atoms with Gasteiger partial charge in [0.2, 0.25) is 0 Å². The molecule has 74 valence electrons. The molecule has 1 rings (SSSR count). The van der Waals surface area contributed by atoms with E-state index in [1.165, 1.54) is 12.3 Å². The molecule has 0 unspecified atom stereocenters. The number of carbonyl (C=O) groups is 1. The largest absolute Gasteiger partial charge is 0.477 e. The Kier molecular flexibility index (Phi) is 3.82. The first-order chi connectivity index (χ1) is 6.74.